The molecule has 0 spiro atoms. The minimum Gasteiger partial charge on any atom is -0.452 e. The van der Waals surface area contributed by atoms with Crippen molar-refractivity contribution in [2.45, 2.75) is 31.7 Å². The summed E-state index contributed by atoms with van der Waals surface area (Å²) in [5, 5.41) is 3.91. The second-order valence-electron chi connectivity index (χ2n) is 5.76. The molecular formula is C18H18BrIN2O2S. The lowest BCUT2D eigenvalue weighted by atomic mass is 10.1. The van der Waals surface area contributed by atoms with Crippen LogP contribution in [0.1, 0.15) is 20.8 Å². The van der Waals surface area contributed by atoms with E-state index in [1.165, 1.54) is 11.8 Å². The Morgan fingerprint density at radius 2 is 2.20 bits per heavy atom. The van der Waals surface area contributed by atoms with Gasteiger partial charge in [-0.3, -0.25) is 4.79 Å². The van der Waals surface area contributed by atoms with E-state index in [0.717, 1.165) is 18.9 Å². The van der Waals surface area contributed by atoms with Gasteiger partial charge in [0, 0.05) is 9.86 Å². The van der Waals surface area contributed by atoms with Crippen LogP contribution in [0.25, 0.3) is 10.9 Å². The topological polar surface area (TPSA) is 51.2 Å². The molecule has 2 aromatic rings. The van der Waals surface area contributed by atoms with Crippen LogP contribution in [0.2, 0.25) is 0 Å². The Bertz CT molecular complexity index is 861. The Balaban J connectivity index is 2.27. The van der Waals surface area contributed by atoms with Gasteiger partial charge in [-0.25, -0.2) is 4.98 Å². The Morgan fingerprint density at radius 3 is 2.84 bits per heavy atom. The highest BCUT2D eigenvalue weighted by molar-refractivity contribution is 14.1. The van der Waals surface area contributed by atoms with Gasteiger partial charge in [-0.1, -0.05) is 18.1 Å². The number of pyridine rings is 1. The van der Waals surface area contributed by atoms with Crippen molar-refractivity contribution in [1.29, 1.82) is 0 Å². The Labute approximate surface area is 174 Å². The molecule has 1 unspecified atom stereocenters. The molecule has 0 radical (unpaired) electrons. The third kappa shape index (κ3) is 5.25. The molecule has 0 bridgehead atoms. The third-order valence-electron chi connectivity index (χ3n) is 3.24. The van der Waals surface area contributed by atoms with Crippen molar-refractivity contribution < 1.29 is 9.53 Å². The molecule has 2 rings (SSSR count). The summed E-state index contributed by atoms with van der Waals surface area (Å²) < 4.78 is 7.64. The smallest absolute Gasteiger partial charge is 0.272 e. The number of rotatable bonds is 5. The summed E-state index contributed by atoms with van der Waals surface area (Å²) in [6.45, 7) is 5.46. The quantitative estimate of drug-likeness (QED) is 0.348. The number of ether oxygens (including phenoxy) is 1. The van der Waals surface area contributed by atoms with Gasteiger partial charge in [-0.05, 0) is 77.7 Å². The highest BCUT2D eigenvalue weighted by Gasteiger charge is 2.26. The van der Waals surface area contributed by atoms with E-state index >= 15 is 0 Å². The highest BCUT2D eigenvalue weighted by Crippen LogP contribution is 2.29. The van der Waals surface area contributed by atoms with E-state index in [2.05, 4.69) is 60.7 Å². The minimum atomic E-state index is -0.709. The lowest BCUT2D eigenvalue weighted by Gasteiger charge is -2.24. The molecule has 7 heteroatoms. The molecule has 0 aliphatic heterocycles. The van der Waals surface area contributed by atoms with E-state index in [9.17, 15) is 4.79 Å². The Kier molecular flexibility index (Phi) is 7.00. The number of amides is 1. The number of fused-ring (bicyclic) bond motifs is 1. The maximum Gasteiger partial charge on any atom is 0.272 e. The first-order valence-electron chi connectivity index (χ1n) is 7.47. The number of benzene rings is 1. The molecule has 0 saturated carbocycles. The van der Waals surface area contributed by atoms with E-state index in [1.54, 1.807) is 6.92 Å². The average Bonchev–Trinajstić information content (AvgIpc) is 2.52. The van der Waals surface area contributed by atoms with Gasteiger partial charge in [-0.2, -0.15) is 0 Å². The van der Waals surface area contributed by atoms with E-state index in [-0.39, 0.29) is 5.91 Å². The maximum absolute atomic E-state index is 12.5. The zero-order valence-corrected chi connectivity index (χ0v) is 18.9. The van der Waals surface area contributed by atoms with E-state index in [1.807, 2.05) is 44.4 Å². The number of nitrogens with one attached hydrogen (secondary N) is 1. The molecule has 1 heterocycles. The first-order chi connectivity index (χ1) is 11.8. The van der Waals surface area contributed by atoms with Gasteiger partial charge in [0.25, 0.3) is 5.91 Å². The molecule has 25 heavy (non-hydrogen) atoms. The SMILES string of the molecule is CC#CC(C)(C)NC(=O)C(Oc1nc2c(Br)cccc2cc1I)SC. The van der Waals surface area contributed by atoms with Crippen molar-refractivity contribution in [2.24, 2.45) is 0 Å². The fraction of sp³-hybridized carbons (Fsp3) is 0.333. The number of para-hydroxylation sites is 1. The van der Waals surface area contributed by atoms with Crippen LogP contribution in [0.5, 0.6) is 5.88 Å². The number of halogens is 2. The number of carbonyl (C=O) groups is 1. The van der Waals surface area contributed by atoms with Crippen molar-refractivity contribution in [2.75, 3.05) is 6.26 Å². The molecule has 1 aromatic heterocycles. The molecule has 0 saturated heterocycles. The number of thioether (sulfide) groups is 1. The number of hydrogen-bond donors (Lipinski definition) is 1. The summed E-state index contributed by atoms with van der Waals surface area (Å²) in [6.07, 6.45) is 1.83. The van der Waals surface area contributed by atoms with Gasteiger partial charge in [0.15, 0.2) is 0 Å². The maximum atomic E-state index is 12.5. The molecule has 1 aromatic carbocycles. The summed E-state index contributed by atoms with van der Waals surface area (Å²) in [4.78, 5) is 17.1. The molecule has 4 nitrogen and oxygen atoms in total. The fourth-order valence-electron chi connectivity index (χ4n) is 2.22. The van der Waals surface area contributed by atoms with Crippen molar-refractivity contribution in [3.05, 3.63) is 32.3 Å². The molecule has 0 fully saturated rings. The predicted molar refractivity (Wildman–Crippen MR) is 116 cm³/mol. The monoisotopic (exact) mass is 532 g/mol. The third-order valence-corrected chi connectivity index (χ3v) is 5.39. The Hall–Kier alpha value is -0.980. The van der Waals surface area contributed by atoms with Crippen molar-refractivity contribution in [3.63, 3.8) is 0 Å². The molecule has 1 atom stereocenters. The van der Waals surface area contributed by atoms with E-state index in [4.69, 9.17) is 4.74 Å². The summed E-state index contributed by atoms with van der Waals surface area (Å²) in [6, 6.07) is 7.87. The van der Waals surface area contributed by atoms with Crippen LogP contribution in [0.15, 0.2) is 28.7 Å². The second-order valence-corrected chi connectivity index (χ2v) is 8.68. The zero-order valence-electron chi connectivity index (χ0n) is 14.3. The summed E-state index contributed by atoms with van der Waals surface area (Å²) in [5.74, 6) is 6.00. The summed E-state index contributed by atoms with van der Waals surface area (Å²) in [7, 11) is 0. The van der Waals surface area contributed by atoms with Gasteiger partial charge in [0.05, 0.1) is 14.6 Å². The van der Waals surface area contributed by atoms with Gasteiger partial charge in [-0.15, -0.1) is 17.7 Å². The largest absolute Gasteiger partial charge is 0.452 e. The number of carbonyl (C=O) groups excluding carboxylic acids is 1. The van der Waals surface area contributed by atoms with Crippen LogP contribution in [-0.4, -0.2) is 28.1 Å². The average molecular weight is 533 g/mol. The van der Waals surface area contributed by atoms with E-state index in [0.29, 0.717) is 5.88 Å². The molecule has 132 valence electrons. The molecule has 1 amide bonds. The van der Waals surface area contributed by atoms with E-state index < -0.39 is 11.0 Å². The van der Waals surface area contributed by atoms with Crippen LogP contribution in [0, 0.1) is 15.4 Å². The summed E-state index contributed by atoms with van der Waals surface area (Å²) >= 11 is 6.99. The van der Waals surface area contributed by atoms with Crippen LogP contribution in [-0.2, 0) is 4.79 Å². The first kappa shape index (κ1) is 20.3. The number of hydrogen-bond acceptors (Lipinski definition) is 4. The van der Waals surface area contributed by atoms with Gasteiger partial charge in [0.1, 0.15) is 0 Å². The number of aromatic nitrogens is 1. The van der Waals surface area contributed by atoms with Crippen molar-refractivity contribution in [1.82, 2.24) is 10.3 Å². The fourth-order valence-corrected chi connectivity index (χ4v) is 3.74. The normalized spacial score (nSPS) is 12.2. The highest BCUT2D eigenvalue weighted by atomic mass is 127. The first-order valence-corrected chi connectivity index (χ1v) is 10.6. The molecule has 0 aliphatic carbocycles. The lowest BCUT2D eigenvalue weighted by molar-refractivity contribution is -0.125. The van der Waals surface area contributed by atoms with Crippen LogP contribution < -0.4 is 10.1 Å². The number of nitrogens with zero attached hydrogens (tertiary/aromatic N) is 1. The summed E-state index contributed by atoms with van der Waals surface area (Å²) in [5.41, 5.74) is -0.523. The van der Waals surface area contributed by atoms with Gasteiger partial charge in [0.2, 0.25) is 11.3 Å². The van der Waals surface area contributed by atoms with Gasteiger partial charge >= 0.3 is 0 Å². The van der Waals surface area contributed by atoms with Crippen molar-refractivity contribution in [3.8, 4) is 17.7 Å². The molecular weight excluding hydrogens is 515 g/mol. The Morgan fingerprint density at radius 1 is 1.48 bits per heavy atom. The minimum absolute atomic E-state index is 0.231. The van der Waals surface area contributed by atoms with Crippen LogP contribution in [0.4, 0.5) is 0 Å². The second kappa shape index (κ2) is 8.60. The predicted octanol–water partition coefficient (Wildman–Crippen LogP) is 4.59. The zero-order chi connectivity index (χ0) is 18.6. The van der Waals surface area contributed by atoms with Crippen LogP contribution >= 0.6 is 50.3 Å². The molecule has 1 N–H and O–H groups in total. The van der Waals surface area contributed by atoms with Crippen LogP contribution in [0.3, 0.4) is 0 Å². The molecule has 0 aliphatic rings. The van der Waals surface area contributed by atoms with Gasteiger partial charge < -0.3 is 10.1 Å². The lowest BCUT2D eigenvalue weighted by Crippen LogP contribution is -2.47. The van der Waals surface area contributed by atoms with Crippen molar-refractivity contribution >= 4 is 67.1 Å². The standard InChI is InChI=1S/C18H18BrIN2O2S/c1-5-9-18(2,3)22-15(23)17(25-4)24-16-13(20)10-11-7-6-8-12(19)14(11)21-16/h6-8,10,17H,1-4H3,(H,22,23).